The van der Waals surface area contributed by atoms with Crippen molar-refractivity contribution in [2.75, 3.05) is 16.4 Å². The molecule has 0 saturated carbocycles. The Morgan fingerprint density at radius 1 is 1.00 bits per heavy atom. The maximum absolute atomic E-state index is 12.9. The minimum absolute atomic E-state index is 0.0117. The summed E-state index contributed by atoms with van der Waals surface area (Å²) in [7, 11) is 0. The lowest BCUT2D eigenvalue weighted by Crippen LogP contribution is -2.23. The summed E-state index contributed by atoms with van der Waals surface area (Å²) >= 11 is 2.90. The first kappa shape index (κ1) is 24.2. The molecule has 0 unspecified atom stereocenters. The number of aryl methyl sites for hydroxylation is 1. The normalized spacial score (nSPS) is 13.3. The topological polar surface area (TPSA) is 57.6 Å². The number of benzene rings is 3. The van der Waals surface area contributed by atoms with Gasteiger partial charge in [0.05, 0.1) is 17.9 Å². The monoisotopic (exact) mass is 503 g/mol. The van der Waals surface area contributed by atoms with Gasteiger partial charge in [-0.05, 0) is 66.1 Å². The van der Waals surface area contributed by atoms with Crippen LogP contribution in [0.5, 0.6) is 0 Å². The highest BCUT2D eigenvalue weighted by molar-refractivity contribution is 8.00. The predicted octanol–water partition coefficient (Wildman–Crippen LogP) is 6.38. The van der Waals surface area contributed by atoms with Crippen LogP contribution in [0.2, 0.25) is 0 Å². The molecule has 0 atom stereocenters. The number of hydrogen-bond acceptors (Lipinski definition) is 4. The summed E-state index contributed by atoms with van der Waals surface area (Å²) in [5.74, 6) is -0.306. The lowest BCUT2D eigenvalue weighted by Gasteiger charge is -2.17. The van der Waals surface area contributed by atoms with Crippen LogP contribution in [-0.2, 0) is 23.9 Å². The average Bonchev–Trinajstić information content (AvgIpc) is 3.15. The number of amides is 1. The van der Waals surface area contributed by atoms with Gasteiger partial charge in [-0.2, -0.15) is 13.2 Å². The summed E-state index contributed by atoms with van der Waals surface area (Å²) in [5, 5.41) is 8.85. The molecule has 0 spiro atoms. The van der Waals surface area contributed by atoms with E-state index in [4.69, 9.17) is 5.11 Å². The zero-order valence-electron chi connectivity index (χ0n) is 17.8. The van der Waals surface area contributed by atoms with E-state index < -0.39 is 17.7 Å². The number of carboxylic acids is 1. The molecule has 176 valence electrons. The molecule has 1 aliphatic heterocycles. The van der Waals surface area contributed by atoms with E-state index in [2.05, 4.69) is 0 Å². The highest BCUT2D eigenvalue weighted by atomic mass is 32.2. The van der Waals surface area contributed by atoms with E-state index in [-0.39, 0.29) is 11.7 Å². The third-order valence-electron chi connectivity index (χ3n) is 5.34. The van der Waals surface area contributed by atoms with Crippen molar-refractivity contribution in [2.45, 2.75) is 28.9 Å². The van der Waals surface area contributed by atoms with Crippen LogP contribution in [0.3, 0.4) is 0 Å². The molecule has 1 amide bonds. The fourth-order valence-corrected chi connectivity index (χ4v) is 5.47. The summed E-state index contributed by atoms with van der Waals surface area (Å²) in [4.78, 5) is 27.1. The minimum Gasteiger partial charge on any atom is -0.481 e. The number of halogens is 3. The first-order valence-electron chi connectivity index (χ1n) is 10.4. The number of carbonyl (C=O) groups is 2. The van der Waals surface area contributed by atoms with Crippen LogP contribution in [0.25, 0.3) is 0 Å². The molecule has 3 aromatic rings. The Morgan fingerprint density at radius 2 is 1.74 bits per heavy atom. The van der Waals surface area contributed by atoms with E-state index in [1.807, 2.05) is 36.4 Å². The summed E-state index contributed by atoms with van der Waals surface area (Å²) in [5.41, 5.74) is 2.22. The van der Waals surface area contributed by atoms with Crippen molar-refractivity contribution in [1.82, 2.24) is 0 Å². The summed E-state index contributed by atoms with van der Waals surface area (Å²) in [6.07, 6.45) is -3.65. The molecule has 0 aliphatic carbocycles. The predicted molar refractivity (Wildman–Crippen MR) is 128 cm³/mol. The fourth-order valence-electron chi connectivity index (χ4n) is 3.69. The molecule has 34 heavy (non-hydrogen) atoms. The molecule has 4 nitrogen and oxygen atoms in total. The van der Waals surface area contributed by atoms with Gasteiger partial charge in [-0.3, -0.25) is 9.59 Å². The third-order valence-corrected chi connectivity index (χ3v) is 7.42. The van der Waals surface area contributed by atoms with Crippen molar-refractivity contribution in [2.24, 2.45) is 0 Å². The lowest BCUT2D eigenvalue weighted by atomic mass is 10.1. The lowest BCUT2D eigenvalue weighted by molar-refractivity contribution is -0.137. The van der Waals surface area contributed by atoms with E-state index >= 15 is 0 Å². The number of fused-ring (bicyclic) bond motifs is 1. The Bertz CT molecular complexity index is 1210. The molecule has 9 heteroatoms. The molecule has 0 bridgehead atoms. The maximum Gasteiger partial charge on any atom is 0.416 e. The van der Waals surface area contributed by atoms with Crippen LogP contribution in [-0.4, -0.2) is 28.5 Å². The molecule has 0 fully saturated rings. The van der Waals surface area contributed by atoms with Crippen LogP contribution >= 0.6 is 23.5 Å². The molecule has 0 aromatic heterocycles. The van der Waals surface area contributed by atoms with Gasteiger partial charge in [0, 0.05) is 26.8 Å². The Kier molecular flexibility index (Phi) is 7.23. The van der Waals surface area contributed by atoms with Gasteiger partial charge in [0.2, 0.25) is 0 Å². The first-order valence-corrected chi connectivity index (χ1v) is 12.4. The first-order chi connectivity index (χ1) is 16.2. The minimum atomic E-state index is -4.42. The molecular weight excluding hydrogens is 483 g/mol. The van der Waals surface area contributed by atoms with Gasteiger partial charge in [0.15, 0.2) is 0 Å². The second-order valence-electron chi connectivity index (χ2n) is 7.65. The molecule has 0 radical (unpaired) electrons. The van der Waals surface area contributed by atoms with Gasteiger partial charge in [-0.1, -0.05) is 18.2 Å². The highest BCUT2D eigenvalue weighted by Crippen LogP contribution is 2.36. The van der Waals surface area contributed by atoms with Gasteiger partial charge in [0.1, 0.15) is 0 Å². The SMILES string of the molecule is O=C(O)CSc1cccc(CCSc2cccc3c2CN(c2ccc(C(F)(F)F)cc2)C3=O)c1. The van der Waals surface area contributed by atoms with Crippen molar-refractivity contribution >= 4 is 41.1 Å². The molecule has 1 N–H and O–H groups in total. The number of carboxylic acid groups (broad SMARTS) is 1. The van der Waals surface area contributed by atoms with E-state index in [0.717, 1.165) is 45.2 Å². The number of hydrogen-bond donors (Lipinski definition) is 1. The molecular formula is C25H20F3NO3S2. The second kappa shape index (κ2) is 10.1. The zero-order chi connectivity index (χ0) is 24.3. The quantitative estimate of drug-likeness (QED) is 0.362. The standard InChI is InChI=1S/C25H20F3NO3S2/c26-25(27,28)17-7-9-18(10-8-17)29-14-21-20(24(29)32)5-2-6-22(21)33-12-11-16-3-1-4-19(13-16)34-15-23(30)31/h1-10,13H,11-12,14-15H2,(H,30,31). The van der Waals surface area contributed by atoms with Gasteiger partial charge >= 0.3 is 12.1 Å². The Labute approximate surface area is 203 Å². The van der Waals surface area contributed by atoms with Crippen LogP contribution in [0.1, 0.15) is 27.0 Å². The number of thioether (sulfide) groups is 2. The van der Waals surface area contributed by atoms with Gasteiger partial charge < -0.3 is 10.0 Å². The maximum atomic E-state index is 12.9. The van der Waals surface area contributed by atoms with Crippen molar-refractivity contribution < 1.29 is 27.9 Å². The van der Waals surface area contributed by atoms with Crippen LogP contribution in [0.15, 0.2) is 76.5 Å². The zero-order valence-corrected chi connectivity index (χ0v) is 19.5. The van der Waals surface area contributed by atoms with Gasteiger partial charge in [0.25, 0.3) is 5.91 Å². The van der Waals surface area contributed by atoms with Gasteiger partial charge in [-0.25, -0.2) is 0 Å². The van der Waals surface area contributed by atoms with Crippen LogP contribution < -0.4 is 4.90 Å². The van der Waals surface area contributed by atoms with E-state index in [1.165, 1.54) is 28.8 Å². The number of aliphatic carboxylic acids is 1. The molecule has 1 aliphatic rings. The highest BCUT2D eigenvalue weighted by Gasteiger charge is 2.33. The molecule has 4 rings (SSSR count). The summed E-state index contributed by atoms with van der Waals surface area (Å²) < 4.78 is 38.6. The average molecular weight is 504 g/mol. The van der Waals surface area contributed by atoms with Crippen molar-refractivity contribution in [3.05, 3.63) is 89.0 Å². The summed E-state index contributed by atoms with van der Waals surface area (Å²) in [6, 6.07) is 17.9. The third kappa shape index (κ3) is 5.59. The van der Waals surface area contributed by atoms with Crippen LogP contribution in [0.4, 0.5) is 18.9 Å². The van der Waals surface area contributed by atoms with Crippen molar-refractivity contribution in [3.8, 4) is 0 Å². The molecule has 1 heterocycles. The Hall–Kier alpha value is -2.91. The largest absolute Gasteiger partial charge is 0.481 e. The van der Waals surface area contributed by atoms with Gasteiger partial charge in [-0.15, -0.1) is 23.5 Å². The number of carbonyl (C=O) groups excluding carboxylic acids is 1. The van der Waals surface area contributed by atoms with E-state index in [9.17, 15) is 22.8 Å². The number of anilines is 1. The second-order valence-corrected chi connectivity index (χ2v) is 9.83. The van der Waals surface area contributed by atoms with E-state index in [0.29, 0.717) is 17.8 Å². The van der Waals surface area contributed by atoms with Crippen LogP contribution in [0, 0.1) is 0 Å². The number of alkyl halides is 3. The van der Waals surface area contributed by atoms with Crippen molar-refractivity contribution in [3.63, 3.8) is 0 Å². The molecule has 0 saturated heterocycles. The smallest absolute Gasteiger partial charge is 0.416 e. The Balaban J connectivity index is 1.42. The van der Waals surface area contributed by atoms with Crippen molar-refractivity contribution in [1.29, 1.82) is 0 Å². The molecule has 3 aromatic carbocycles. The van der Waals surface area contributed by atoms with E-state index in [1.54, 1.807) is 17.8 Å². The number of rotatable bonds is 8. The Morgan fingerprint density at radius 3 is 2.44 bits per heavy atom. The summed E-state index contributed by atoms with van der Waals surface area (Å²) in [6.45, 7) is 0.310. The number of nitrogens with zero attached hydrogens (tertiary/aromatic N) is 1. The fraction of sp³-hybridized carbons (Fsp3) is 0.200.